The molecule has 2 heterocycles. The number of methoxy groups -OCH3 is 1. The van der Waals surface area contributed by atoms with Crippen molar-refractivity contribution in [1.82, 2.24) is 4.90 Å². The van der Waals surface area contributed by atoms with Crippen LogP contribution in [0.1, 0.15) is 40.6 Å². The molecule has 38 heavy (non-hydrogen) atoms. The Morgan fingerprint density at radius 3 is 2.29 bits per heavy atom. The number of amides is 1. The number of rotatable bonds is 8. The third-order valence-electron chi connectivity index (χ3n) is 7.18. The molecular weight excluding hydrogens is 490 g/mol. The average molecular weight is 526 g/mol. The van der Waals surface area contributed by atoms with Gasteiger partial charge in [-0.25, -0.2) is 0 Å². The number of benzene rings is 3. The zero-order valence-electron chi connectivity index (χ0n) is 22.3. The second kappa shape index (κ2) is 11.8. The minimum atomic E-state index is -0.151. The summed E-state index contributed by atoms with van der Waals surface area (Å²) in [7, 11) is 1.64. The van der Waals surface area contributed by atoms with Crippen molar-refractivity contribution in [2.75, 3.05) is 43.5 Å². The molecule has 0 saturated carbocycles. The Morgan fingerprint density at radius 2 is 1.66 bits per heavy atom. The van der Waals surface area contributed by atoms with Gasteiger partial charge in [0.1, 0.15) is 5.75 Å². The molecule has 0 radical (unpaired) electrons. The molecule has 1 aliphatic heterocycles. The zero-order chi connectivity index (χ0) is 26.5. The minimum Gasteiger partial charge on any atom is -0.496 e. The smallest absolute Gasteiger partial charge is 0.256 e. The van der Waals surface area contributed by atoms with Gasteiger partial charge in [-0.15, -0.1) is 11.3 Å². The highest BCUT2D eigenvalue weighted by atomic mass is 32.1. The number of nitrogens with zero attached hydrogens (tertiary/aromatic N) is 2. The Balaban J connectivity index is 1.26. The summed E-state index contributed by atoms with van der Waals surface area (Å²) in [5.41, 5.74) is 5.58. The van der Waals surface area contributed by atoms with Crippen molar-refractivity contribution in [3.63, 3.8) is 0 Å². The summed E-state index contributed by atoms with van der Waals surface area (Å²) in [5, 5.41) is 5.24. The van der Waals surface area contributed by atoms with Crippen LogP contribution in [0.5, 0.6) is 5.75 Å². The fourth-order valence-corrected chi connectivity index (χ4v) is 5.71. The third kappa shape index (κ3) is 5.93. The van der Waals surface area contributed by atoms with Gasteiger partial charge in [-0.3, -0.25) is 9.69 Å². The van der Waals surface area contributed by atoms with E-state index in [1.807, 2.05) is 41.7 Å². The van der Waals surface area contributed by atoms with Crippen LogP contribution < -0.4 is 15.0 Å². The molecule has 1 saturated heterocycles. The van der Waals surface area contributed by atoms with Gasteiger partial charge >= 0.3 is 0 Å². The highest BCUT2D eigenvalue weighted by molar-refractivity contribution is 7.09. The summed E-state index contributed by atoms with van der Waals surface area (Å²) in [6, 6.07) is 26.5. The van der Waals surface area contributed by atoms with Gasteiger partial charge < -0.3 is 15.0 Å². The Labute approximate surface area is 229 Å². The van der Waals surface area contributed by atoms with Gasteiger partial charge in [-0.05, 0) is 64.9 Å². The van der Waals surface area contributed by atoms with Crippen LogP contribution >= 0.6 is 11.3 Å². The molecule has 1 aliphatic rings. The normalized spacial score (nSPS) is 14.1. The first-order valence-corrected chi connectivity index (χ1v) is 14.1. The summed E-state index contributed by atoms with van der Waals surface area (Å²) in [6.45, 7) is 9.48. The van der Waals surface area contributed by atoms with Gasteiger partial charge in [0.05, 0.1) is 12.7 Å². The molecule has 4 aromatic rings. The lowest BCUT2D eigenvalue weighted by Gasteiger charge is -2.36. The predicted molar refractivity (Wildman–Crippen MR) is 159 cm³/mol. The molecular formula is C32H35N3O2S. The Hall–Kier alpha value is -3.61. The first kappa shape index (κ1) is 26.0. The number of ether oxygens (including phenoxy) is 1. The van der Waals surface area contributed by atoms with E-state index in [2.05, 4.69) is 82.9 Å². The fourth-order valence-electron chi connectivity index (χ4n) is 4.96. The van der Waals surface area contributed by atoms with E-state index >= 15 is 0 Å². The van der Waals surface area contributed by atoms with Crippen molar-refractivity contribution in [3.05, 3.63) is 100 Å². The second-order valence-corrected chi connectivity index (χ2v) is 11.0. The van der Waals surface area contributed by atoms with Crippen LogP contribution in [-0.4, -0.2) is 44.1 Å². The molecule has 3 aromatic carbocycles. The van der Waals surface area contributed by atoms with Crippen LogP contribution in [0.15, 0.2) is 84.2 Å². The van der Waals surface area contributed by atoms with Crippen LogP contribution in [-0.2, 0) is 6.54 Å². The lowest BCUT2D eigenvalue weighted by molar-refractivity contribution is 0.102. The summed E-state index contributed by atoms with van der Waals surface area (Å²) in [4.78, 5) is 19.8. The highest BCUT2D eigenvalue weighted by Gasteiger charge is 2.20. The van der Waals surface area contributed by atoms with Gasteiger partial charge in [0, 0.05) is 54.5 Å². The molecule has 5 rings (SSSR count). The van der Waals surface area contributed by atoms with E-state index in [0.29, 0.717) is 17.2 Å². The molecule has 1 aromatic heterocycles. The molecule has 1 N–H and O–H groups in total. The van der Waals surface area contributed by atoms with Gasteiger partial charge in [-0.1, -0.05) is 50.2 Å². The van der Waals surface area contributed by atoms with Gasteiger partial charge in [0.25, 0.3) is 5.91 Å². The van der Waals surface area contributed by atoms with E-state index in [1.54, 1.807) is 7.11 Å². The van der Waals surface area contributed by atoms with E-state index in [0.717, 1.165) is 49.5 Å². The van der Waals surface area contributed by atoms with E-state index in [9.17, 15) is 4.79 Å². The van der Waals surface area contributed by atoms with Crippen molar-refractivity contribution < 1.29 is 9.53 Å². The van der Waals surface area contributed by atoms with Crippen LogP contribution in [0.2, 0.25) is 0 Å². The first-order valence-electron chi connectivity index (χ1n) is 13.2. The average Bonchev–Trinajstić information content (AvgIpc) is 3.46. The number of carbonyl (C=O) groups is 1. The maximum absolute atomic E-state index is 13.4. The lowest BCUT2D eigenvalue weighted by atomic mass is 9.95. The molecule has 0 aliphatic carbocycles. The lowest BCUT2D eigenvalue weighted by Crippen LogP contribution is -2.45. The van der Waals surface area contributed by atoms with Crippen LogP contribution in [0.4, 0.5) is 11.4 Å². The number of thiophene rings is 1. The molecule has 6 heteroatoms. The van der Waals surface area contributed by atoms with Crippen molar-refractivity contribution in [3.8, 4) is 16.9 Å². The predicted octanol–water partition coefficient (Wildman–Crippen LogP) is 7.12. The number of hydrogen-bond donors (Lipinski definition) is 1. The monoisotopic (exact) mass is 525 g/mol. The zero-order valence-corrected chi connectivity index (χ0v) is 23.1. The van der Waals surface area contributed by atoms with Gasteiger partial charge in [0.2, 0.25) is 0 Å². The van der Waals surface area contributed by atoms with E-state index < -0.39 is 0 Å². The van der Waals surface area contributed by atoms with E-state index in [1.165, 1.54) is 16.1 Å². The molecule has 1 amide bonds. The standard InChI is InChI=1S/C32H35N3O2S/c1-23(2)24-9-11-25(12-10-24)31-29(7-4-8-30(31)37-3)32(36)33-26-13-15-27(16-14-26)35-19-17-34(18-20-35)22-28-6-5-21-38-28/h4-16,21,23H,17-20,22H2,1-3H3,(H,33,36). The van der Waals surface area contributed by atoms with Gasteiger partial charge in [0.15, 0.2) is 0 Å². The maximum atomic E-state index is 13.4. The Bertz CT molecular complexity index is 1340. The molecule has 196 valence electrons. The molecule has 1 fully saturated rings. The quantitative estimate of drug-likeness (QED) is 0.266. The number of anilines is 2. The summed E-state index contributed by atoms with van der Waals surface area (Å²) in [6.07, 6.45) is 0. The molecule has 0 atom stereocenters. The fraction of sp³-hybridized carbons (Fsp3) is 0.281. The Morgan fingerprint density at radius 1 is 0.921 bits per heavy atom. The molecule has 0 spiro atoms. The van der Waals surface area contributed by atoms with Crippen molar-refractivity contribution >= 4 is 28.6 Å². The van der Waals surface area contributed by atoms with Crippen molar-refractivity contribution in [1.29, 1.82) is 0 Å². The maximum Gasteiger partial charge on any atom is 0.256 e. The minimum absolute atomic E-state index is 0.151. The molecule has 0 bridgehead atoms. The van der Waals surface area contributed by atoms with Crippen LogP contribution in [0, 0.1) is 0 Å². The summed E-state index contributed by atoms with van der Waals surface area (Å²) in [5.74, 6) is 0.979. The van der Waals surface area contributed by atoms with Gasteiger partial charge in [-0.2, -0.15) is 0 Å². The largest absolute Gasteiger partial charge is 0.496 e. The number of nitrogens with one attached hydrogen (secondary N) is 1. The van der Waals surface area contributed by atoms with Crippen molar-refractivity contribution in [2.24, 2.45) is 0 Å². The molecule has 5 nitrogen and oxygen atoms in total. The van der Waals surface area contributed by atoms with Crippen LogP contribution in [0.3, 0.4) is 0 Å². The van der Waals surface area contributed by atoms with E-state index in [-0.39, 0.29) is 5.91 Å². The topological polar surface area (TPSA) is 44.8 Å². The molecule has 0 unspecified atom stereocenters. The second-order valence-electron chi connectivity index (χ2n) is 10.0. The van der Waals surface area contributed by atoms with Crippen LogP contribution in [0.25, 0.3) is 11.1 Å². The number of hydrogen-bond acceptors (Lipinski definition) is 5. The number of piperazine rings is 1. The van der Waals surface area contributed by atoms with Crippen molar-refractivity contribution in [2.45, 2.75) is 26.3 Å². The SMILES string of the molecule is COc1cccc(C(=O)Nc2ccc(N3CCN(Cc4cccs4)CC3)cc2)c1-c1ccc(C(C)C)cc1. The first-order chi connectivity index (χ1) is 18.5. The Kier molecular flexibility index (Phi) is 8.11. The third-order valence-corrected chi connectivity index (χ3v) is 8.04. The summed E-state index contributed by atoms with van der Waals surface area (Å²) < 4.78 is 5.65. The highest BCUT2D eigenvalue weighted by Crippen LogP contribution is 2.35. The van der Waals surface area contributed by atoms with E-state index in [4.69, 9.17) is 4.74 Å². The number of carbonyl (C=O) groups excluding carboxylic acids is 1. The summed E-state index contributed by atoms with van der Waals surface area (Å²) >= 11 is 1.82.